The lowest BCUT2D eigenvalue weighted by Crippen LogP contribution is -2.16. The van der Waals surface area contributed by atoms with E-state index in [1.54, 1.807) is 18.2 Å². The van der Waals surface area contributed by atoms with Gasteiger partial charge in [-0.25, -0.2) is 0 Å². The molecule has 0 aliphatic heterocycles. The van der Waals surface area contributed by atoms with Crippen LogP contribution in [0.4, 0.5) is 5.69 Å². The third-order valence-corrected chi connectivity index (χ3v) is 2.18. The summed E-state index contributed by atoms with van der Waals surface area (Å²) in [5.41, 5.74) is 5.92. The van der Waals surface area contributed by atoms with Crippen LogP contribution < -0.4 is 15.8 Å². The Balaban J connectivity index is 0.00000256. The largest absolute Gasteiger partial charge is 0.492 e. The molecule has 4 nitrogen and oxygen atoms in total. The average Bonchev–Trinajstić information content (AvgIpc) is 2.22. The minimum Gasteiger partial charge on any atom is -0.492 e. The van der Waals surface area contributed by atoms with Crippen LogP contribution in [-0.4, -0.2) is 19.1 Å². The van der Waals surface area contributed by atoms with E-state index in [1.165, 1.54) is 0 Å². The van der Waals surface area contributed by atoms with Gasteiger partial charge in [-0.15, -0.1) is 12.4 Å². The topological polar surface area (TPSA) is 64.3 Å². The Morgan fingerprint density at radius 2 is 2.24 bits per heavy atom. The first-order valence-corrected chi connectivity index (χ1v) is 5.47. The zero-order chi connectivity index (χ0) is 12.0. The van der Waals surface area contributed by atoms with Crippen LogP contribution >= 0.6 is 24.0 Å². The maximum atomic E-state index is 11.3. The van der Waals surface area contributed by atoms with Crippen LogP contribution in [0.5, 0.6) is 5.75 Å². The first-order chi connectivity index (χ1) is 7.67. The molecule has 3 N–H and O–H groups in total. The summed E-state index contributed by atoms with van der Waals surface area (Å²) in [5.74, 6) is 0.490. The Morgan fingerprint density at radius 3 is 2.76 bits per heavy atom. The second kappa shape index (κ2) is 8.17. The van der Waals surface area contributed by atoms with Gasteiger partial charge in [-0.3, -0.25) is 4.79 Å². The fourth-order valence-corrected chi connectivity index (χ4v) is 1.44. The van der Waals surface area contributed by atoms with Crippen molar-refractivity contribution in [1.82, 2.24) is 0 Å². The highest BCUT2D eigenvalue weighted by molar-refractivity contribution is 6.32. The minimum absolute atomic E-state index is 0. The molecule has 1 amide bonds. The minimum atomic E-state index is -0.122. The Hall–Kier alpha value is -0.970. The Bertz CT molecular complexity index is 372. The number of amides is 1. The molecule has 1 rings (SSSR count). The molecule has 17 heavy (non-hydrogen) atoms. The molecule has 0 spiro atoms. The van der Waals surface area contributed by atoms with Crippen molar-refractivity contribution in [1.29, 1.82) is 0 Å². The lowest BCUT2D eigenvalue weighted by atomic mass is 10.3. The third-order valence-electron chi connectivity index (χ3n) is 1.89. The van der Waals surface area contributed by atoms with Gasteiger partial charge in [-0.2, -0.15) is 0 Å². The van der Waals surface area contributed by atoms with E-state index in [0.717, 1.165) is 0 Å². The monoisotopic (exact) mass is 278 g/mol. The first kappa shape index (κ1) is 16.0. The molecule has 0 heterocycles. The molecular weight excluding hydrogens is 263 g/mol. The summed E-state index contributed by atoms with van der Waals surface area (Å²) in [6.07, 6.45) is 0.296. The van der Waals surface area contributed by atoms with Gasteiger partial charge in [0.05, 0.1) is 11.6 Å². The number of nitrogens with two attached hydrogens (primary N) is 1. The predicted octanol–water partition coefficient (Wildman–Crippen LogP) is 2.45. The average molecular weight is 279 g/mol. The molecule has 0 saturated carbocycles. The quantitative estimate of drug-likeness (QED) is 0.870. The molecule has 0 saturated heterocycles. The molecular formula is C11H16Cl2N2O2. The lowest BCUT2D eigenvalue weighted by Gasteiger charge is -2.08. The number of rotatable bonds is 5. The summed E-state index contributed by atoms with van der Waals surface area (Å²) in [4.78, 5) is 11.3. The van der Waals surface area contributed by atoms with Crippen molar-refractivity contribution in [3.05, 3.63) is 23.2 Å². The highest BCUT2D eigenvalue weighted by Crippen LogP contribution is 2.27. The SMILES string of the molecule is CCOc1ccc(NC(=O)CCN)cc1Cl.Cl. The summed E-state index contributed by atoms with van der Waals surface area (Å²) in [5, 5.41) is 3.17. The van der Waals surface area contributed by atoms with Gasteiger partial charge >= 0.3 is 0 Å². The number of carbonyl (C=O) groups excluding carboxylic acids is 1. The molecule has 1 aromatic rings. The zero-order valence-corrected chi connectivity index (χ0v) is 11.1. The van der Waals surface area contributed by atoms with Gasteiger partial charge in [0.15, 0.2) is 0 Å². The van der Waals surface area contributed by atoms with Crippen molar-refractivity contribution < 1.29 is 9.53 Å². The second-order valence-corrected chi connectivity index (χ2v) is 3.57. The van der Waals surface area contributed by atoms with Crippen LogP contribution in [0.15, 0.2) is 18.2 Å². The summed E-state index contributed by atoms with van der Waals surface area (Å²) >= 11 is 5.97. The summed E-state index contributed by atoms with van der Waals surface area (Å²) < 4.78 is 5.28. The highest BCUT2D eigenvalue weighted by atomic mass is 35.5. The number of benzene rings is 1. The molecule has 96 valence electrons. The van der Waals surface area contributed by atoms with Crippen molar-refractivity contribution in [3.63, 3.8) is 0 Å². The Kier molecular flexibility index (Phi) is 7.70. The highest BCUT2D eigenvalue weighted by Gasteiger charge is 2.05. The van der Waals surface area contributed by atoms with E-state index >= 15 is 0 Å². The van der Waals surface area contributed by atoms with E-state index < -0.39 is 0 Å². The van der Waals surface area contributed by atoms with Gasteiger partial charge in [0.2, 0.25) is 5.91 Å². The molecule has 0 aromatic heterocycles. The number of hydrogen-bond acceptors (Lipinski definition) is 3. The van der Waals surface area contributed by atoms with E-state index in [9.17, 15) is 4.79 Å². The number of anilines is 1. The molecule has 1 aromatic carbocycles. The van der Waals surface area contributed by atoms with Gasteiger partial charge in [0, 0.05) is 18.7 Å². The third kappa shape index (κ3) is 5.26. The normalized spacial score (nSPS) is 9.35. The van der Waals surface area contributed by atoms with Crippen molar-refractivity contribution in [3.8, 4) is 5.75 Å². The van der Waals surface area contributed by atoms with Crippen molar-refractivity contribution >= 4 is 35.6 Å². The molecule has 0 bridgehead atoms. The number of carbonyl (C=O) groups is 1. The maximum Gasteiger partial charge on any atom is 0.225 e. The fourth-order valence-electron chi connectivity index (χ4n) is 1.21. The molecule has 6 heteroatoms. The number of hydrogen-bond donors (Lipinski definition) is 2. The van der Waals surface area contributed by atoms with Gasteiger partial charge < -0.3 is 15.8 Å². The van der Waals surface area contributed by atoms with Crippen molar-refractivity contribution in [2.24, 2.45) is 5.73 Å². The van der Waals surface area contributed by atoms with E-state index in [4.69, 9.17) is 22.1 Å². The zero-order valence-electron chi connectivity index (χ0n) is 9.53. The van der Waals surface area contributed by atoms with Gasteiger partial charge in [0.1, 0.15) is 5.75 Å². The second-order valence-electron chi connectivity index (χ2n) is 3.17. The van der Waals surface area contributed by atoms with E-state index in [0.29, 0.717) is 36.0 Å². The van der Waals surface area contributed by atoms with Gasteiger partial charge in [-0.05, 0) is 25.1 Å². The van der Waals surface area contributed by atoms with Crippen LogP contribution in [0.2, 0.25) is 5.02 Å². The Labute approximate surface area is 112 Å². The molecule has 0 atom stereocenters. The van der Waals surface area contributed by atoms with Crippen LogP contribution in [0, 0.1) is 0 Å². The van der Waals surface area contributed by atoms with Crippen LogP contribution in [0.25, 0.3) is 0 Å². The smallest absolute Gasteiger partial charge is 0.225 e. The van der Waals surface area contributed by atoms with Crippen LogP contribution in [0.1, 0.15) is 13.3 Å². The molecule has 0 aliphatic carbocycles. The Morgan fingerprint density at radius 1 is 1.53 bits per heavy atom. The van der Waals surface area contributed by atoms with Gasteiger partial charge in [0.25, 0.3) is 0 Å². The van der Waals surface area contributed by atoms with E-state index in [2.05, 4.69) is 5.32 Å². The standard InChI is InChI=1S/C11H15ClN2O2.ClH/c1-2-16-10-4-3-8(7-9(10)12)14-11(15)5-6-13;/h3-4,7H,2,5-6,13H2,1H3,(H,14,15);1H. The van der Waals surface area contributed by atoms with E-state index in [-0.39, 0.29) is 18.3 Å². The number of ether oxygens (including phenoxy) is 1. The first-order valence-electron chi connectivity index (χ1n) is 5.09. The number of nitrogens with one attached hydrogen (secondary N) is 1. The van der Waals surface area contributed by atoms with Crippen LogP contribution in [0.3, 0.4) is 0 Å². The summed E-state index contributed by atoms with van der Waals surface area (Å²) in [6.45, 7) is 2.77. The molecule has 0 fully saturated rings. The van der Waals surface area contributed by atoms with E-state index in [1.807, 2.05) is 6.92 Å². The molecule has 0 aliphatic rings. The summed E-state index contributed by atoms with van der Waals surface area (Å²) in [6, 6.07) is 5.12. The summed E-state index contributed by atoms with van der Waals surface area (Å²) in [7, 11) is 0. The molecule has 0 unspecified atom stereocenters. The predicted molar refractivity (Wildman–Crippen MR) is 72.2 cm³/mol. The fraction of sp³-hybridized carbons (Fsp3) is 0.364. The number of halogens is 2. The molecule has 0 radical (unpaired) electrons. The van der Waals surface area contributed by atoms with Crippen LogP contribution in [-0.2, 0) is 4.79 Å². The van der Waals surface area contributed by atoms with Crippen molar-refractivity contribution in [2.75, 3.05) is 18.5 Å². The lowest BCUT2D eigenvalue weighted by molar-refractivity contribution is -0.116. The maximum absolute atomic E-state index is 11.3. The van der Waals surface area contributed by atoms with Gasteiger partial charge in [-0.1, -0.05) is 11.6 Å². The van der Waals surface area contributed by atoms with Crippen molar-refractivity contribution in [2.45, 2.75) is 13.3 Å².